The molecular formula is C22H18N2O3. The zero-order valence-corrected chi connectivity index (χ0v) is 14.9. The molecule has 0 bridgehead atoms. The van der Waals surface area contributed by atoms with Gasteiger partial charge in [0.05, 0.1) is 6.42 Å². The van der Waals surface area contributed by atoms with Crippen LogP contribution in [0.15, 0.2) is 83.9 Å². The highest BCUT2D eigenvalue weighted by atomic mass is 16.5. The molecular weight excluding hydrogens is 340 g/mol. The third-order valence-corrected chi connectivity index (χ3v) is 3.93. The van der Waals surface area contributed by atoms with Crippen molar-refractivity contribution in [1.82, 2.24) is 4.98 Å². The molecule has 0 saturated heterocycles. The molecule has 5 nitrogen and oxygen atoms in total. The number of hydrogen-bond donors (Lipinski definition) is 0. The van der Waals surface area contributed by atoms with Crippen molar-refractivity contribution in [1.29, 1.82) is 0 Å². The highest BCUT2D eigenvalue weighted by Crippen LogP contribution is 2.18. The summed E-state index contributed by atoms with van der Waals surface area (Å²) in [5, 5.41) is 0. The smallest absolute Gasteiger partial charge is 0.313 e. The molecule has 27 heavy (non-hydrogen) atoms. The predicted molar refractivity (Wildman–Crippen MR) is 102 cm³/mol. The van der Waals surface area contributed by atoms with Crippen molar-refractivity contribution in [3.63, 3.8) is 0 Å². The van der Waals surface area contributed by atoms with Crippen molar-refractivity contribution in [2.75, 3.05) is 11.4 Å². The van der Waals surface area contributed by atoms with Crippen LogP contribution >= 0.6 is 0 Å². The number of carbonyl (C=O) groups is 2. The molecule has 1 heterocycles. The van der Waals surface area contributed by atoms with Gasteiger partial charge in [0.1, 0.15) is 11.6 Å². The second-order valence-electron chi connectivity index (χ2n) is 5.86. The van der Waals surface area contributed by atoms with Gasteiger partial charge in [0.2, 0.25) is 0 Å². The highest BCUT2D eigenvalue weighted by molar-refractivity contribution is 6.07. The number of aromatic nitrogens is 1. The van der Waals surface area contributed by atoms with Gasteiger partial charge in [-0.15, -0.1) is 0 Å². The van der Waals surface area contributed by atoms with Crippen LogP contribution in [0.25, 0.3) is 0 Å². The van der Waals surface area contributed by atoms with Gasteiger partial charge in [0, 0.05) is 24.4 Å². The van der Waals surface area contributed by atoms with Gasteiger partial charge in [-0.05, 0) is 42.8 Å². The van der Waals surface area contributed by atoms with E-state index in [4.69, 9.17) is 4.74 Å². The molecule has 1 aliphatic rings. The van der Waals surface area contributed by atoms with E-state index >= 15 is 0 Å². The molecule has 1 aliphatic carbocycles. The molecule has 0 N–H and O–H groups in total. The van der Waals surface area contributed by atoms with Crippen molar-refractivity contribution in [3.8, 4) is 5.75 Å². The van der Waals surface area contributed by atoms with Crippen molar-refractivity contribution < 1.29 is 14.3 Å². The number of amides is 1. The number of hydrogen-bond acceptors (Lipinski definition) is 4. The molecule has 3 rings (SSSR count). The maximum Gasteiger partial charge on any atom is 0.313 e. The van der Waals surface area contributed by atoms with Crippen LogP contribution in [0.1, 0.15) is 12.0 Å². The molecule has 1 amide bonds. The summed E-state index contributed by atoms with van der Waals surface area (Å²) < 4.78 is 5.41. The first-order chi connectivity index (χ1) is 13.1. The number of nitrogens with zero attached hydrogens (tertiary/aromatic N) is 2. The van der Waals surface area contributed by atoms with E-state index in [9.17, 15) is 9.59 Å². The Hall–Kier alpha value is -3.65. The van der Waals surface area contributed by atoms with Gasteiger partial charge in [-0.1, -0.05) is 35.7 Å². The SMILES string of the molecule is Cc1ccccc1OC(=O)CCN(C(=O)C1=CC=C=C=C1)c1ccccn1. The Kier molecular flexibility index (Phi) is 5.80. The number of anilines is 1. The molecule has 0 aliphatic heterocycles. The number of benzene rings is 1. The quantitative estimate of drug-likeness (QED) is 0.450. The van der Waals surface area contributed by atoms with Crippen LogP contribution in [-0.4, -0.2) is 23.4 Å². The summed E-state index contributed by atoms with van der Waals surface area (Å²) in [6, 6.07) is 12.6. The standard InChI is InChI=1S/C22H18N2O3/c1-17-9-5-6-12-19(17)27-21(25)14-16-24(20-13-7-8-15-23-20)22(26)18-10-3-2-4-11-18/h3,5-13,15H,14,16H2,1H3. The summed E-state index contributed by atoms with van der Waals surface area (Å²) in [5.41, 5.74) is 6.86. The molecule has 1 aromatic heterocycles. The zero-order valence-electron chi connectivity index (χ0n) is 14.9. The molecule has 0 unspecified atom stereocenters. The van der Waals surface area contributed by atoms with Crippen molar-refractivity contribution in [2.24, 2.45) is 0 Å². The Labute approximate surface area is 157 Å². The molecule has 2 aromatic rings. The number of aryl methyl sites for hydroxylation is 1. The van der Waals surface area contributed by atoms with Crippen LogP contribution in [0.4, 0.5) is 5.82 Å². The van der Waals surface area contributed by atoms with Crippen LogP contribution in [0, 0.1) is 6.92 Å². The van der Waals surface area contributed by atoms with Crippen molar-refractivity contribution in [3.05, 3.63) is 89.5 Å². The Morgan fingerprint density at radius 1 is 1.11 bits per heavy atom. The van der Waals surface area contributed by atoms with E-state index in [1.165, 1.54) is 4.90 Å². The van der Waals surface area contributed by atoms with Gasteiger partial charge in [-0.2, -0.15) is 0 Å². The third kappa shape index (κ3) is 4.71. The summed E-state index contributed by atoms with van der Waals surface area (Å²) in [6.07, 6.45) is 6.48. The van der Waals surface area contributed by atoms with Crippen LogP contribution in [-0.2, 0) is 9.59 Å². The summed E-state index contributed by atoms with van der Waals surface area (Å²) in [4.78, 5) is 30.8. The summed E-state index contributed by atoms with van der Waals surface area (Å²) >= 11 is 0. The molecule has 0 spiro atoms. The van der Waals surface area contributed by atoms with Gasteiger partial charge in [0.25, 0.3) is 5.91 Å². The second-order valence-corrected chi connectivity index (χ2v) is 5.86. The van der Waals surface area contributed by atoms with Crippen molar-refractivity contribution >= 4 is 17.7 Å². The minimum Gasteiger partial charge on any atom is -0.426 e. The molecule has 0 atom stereocenters. The van der Waals surface area contributed by atoms with E-state index in [1.807, 2.05) is 25.1 Å². The van der Waals surface area contributed by atoms with Crippen LogP contribution in [0.2, 0.25) is 0 Å². The topological polar surface area (TPSA) is 59.5 Å². The molecule has 1 aromatic carbocycles. The fourth-order valence-corrected chi connectivity index (χ4v) is 2.52. The molecule has 0 fully saturated rings. The van der Waals surface area contributed by atoms with E-state index in [2.05, 4.69) is 16.4 Å². The molecule has 5 heteroatoms. The summed E-state index contributed by atoms with van der Waals surface area (Å²) in [7, 11) is 0. The summed E-state index contributed by atoms with van der Waals surface area (Å²) in [5.74, 6) is 0.319. The van der Waals surface area contributed by atoms with Gasteiger partial charge < -0.3 is 4.74 Å². The van der Waals surface area contributed by atoms with E-state index < -0.39 is 5.97 Å². The van der Waals surface area contributed by atoms with Gasteiger partial charge in [-0.3, -0.25) is 14.5 Å². The van der Waals surface area contributed by atoms with Gasteiger partial charge in [0.15, 0.2) is 0 Å². The zero-order chi connectivity index (χ0) is 19.1. The maximum absolute atomic E-state index is 12.9. The minimum absolute atomic E-state index is 0.0410. The molecule has 134 valence electrons. The van der Waals surface area contributed by atoms with E-state index in [-0.39, 0.29) is 18.9 Å². The van der Waals surface area contributed by atoms with E-state index in [1.54, 1.807) is 48.7 Å². The normalized spacial score (nSPS) is 11.8. The fraction of sp³-hybridized carbons (Fsp3) is 0.136. The first kappa shape index (κ1) is 18.2. The lowest BCUT2D eigenvalue weighted by atomic mass is 10.1. The number of carbonyl (C=O) groups excluding carboxylic acids is 2. The Morgan fingerprint density at radius 3 is 2.63 bits per heavy atom. The Balaban J connectivity index is 1.72. The number of rotatable bonds is 6. The lowest BCUT2D eigenvalue weighted by molar-refractivity contribution is -0.134. The summed E-state index contributed by atoms with van der Waals surface area (Å²) in [6.45, 7) is 2.02. The van der Waals surface area contributed by atoms with Crippen LogP contribution < -0.4 is 9.64 Å². The van der Waals surface area contributed by atoms with Crippen LogP contribution in [0.5, 0.6) is 5.75 Å². The number of ether oxygens (including phenoxy) is 1. The van der Waals surface area contributed by atoms with Gasteiger partial charge in [-0.25, -0.2) is 4.98 Å². The average molecular weight is 358 g/mol. The van der Waals surface area contributed by atoms with Gasteiger partial charge >= 0.3 is 5.97 Å². The highest BCUT2D eigenvalue weighted by Gasteiger charge is 2.21. The predicted octanol–water partition coefficient (Wildman–Crippen LogP) is 3.53. The maximum atomic E-state index is 12.9. The van der Waals surface area contributed by atoms with E-state index in [0.717, 1.165) is 5.56 Å². The monoisotopic (exact) mass is 358 g/mol. The Bertz CT molecular complexity index is 980. The fourth-order valence-electron chi connectivity index (χ4n) is 2.52. The largest absolute Gasteiger partial charge is 0.426 e. The number of pyridine rings is 1. The second kappa shape index (κ2) is 8.63. The van der Waals surface area contributed by atoms with E-state index in [0.29, 0.717) is 17.1 Å². The molecule has 0 radical (unpaired) electrons. The lowest BCUT2D eigenvalue weighted by Gasteiger charge is -2.21. The molecule has 0 saturated carbocycles. The Morgan fingerprint density at radius 2 is 1.93 bits per heavy atom. The van der Waals surface area contributed by atoms with Crippen LogP contribution in [0.3, 0.4) is 0 Å². The average Bonchev–Trinajstić information content (AvgIpc) is 2.71. The van der Waals surface area contributed by atoms with Crippen molar-refractivity contribution in [2.45, 2.75) is 13.3 Å². The minimum atomic E-state index is -0.411. The first-order valence-corrected chi connectivity index (χ1v) is 8.52. The number of allylic oxidation sites excluding steroid dienone is 2. The third-order valence-electron chi connectivity index (χ3n) is 3.93. The number of para-hydroxylation sites is 1. The first-order valence-electron chi connectivity index (χ1n) is 8.52. The lowest BCUT2D eigenvalue weighted by Crippen LogP contribution is -2.35. The number of esters is 1.